The van der Waals surface area contributed by atoms with Crippen LogP contribution in [0.1, 0.15) is 83.8 Å². The zero-order chi connectivity index (χ0) is 39.7. The fourth-order valence-electron chi connectivity index (χ4n) is 9.53. The molecule has 0 spiro atoms. The van der Waals surface area contributed by atoms with Crippen LogP contribution in [0.25, 0.3) is 22.3 Å². The molecule has 296 valence electrons. The predicted molar refractivity (Wildman–Crippen MR) is 216 cm³/mol. The zero-order valence-electron chi connectivity index (χ0n) is 33.3. The molecule has 0 radical (unpaired) electrons. The van der Waals surface area contributed by atoms with Crippen LogP contribution < -0.4 is 10.7 Å². The quantitative estimate of drug-likeness (QED) is 0.244. The first-order valence-corrected chi connectivity index (χ1v) is 20.0. The standard InChI is InChI=1S/C44H54N6O6/c1-25(2)40(47-43(53)55-5)42(52)49-19-7-8-37(49)35-21-33(23-45-35)29-13-9-27(10-14-29)28-11-15-30(16-12-28)34-22-36(46-24-34)38-31-17-18-32(20-31)39(38)41(51)50(26(3)4)48-44(54)56-6/h9-16,23-26,31-32,37-40H,7-8,17-22H2,1-6H3,(H,47,53)(H,48,54)/t31?,32?,37-,38?,39-,40-/m0/s1. The Morgan fingerprint density at radius 3 is 1.88 bits per heavy atom. The van der Waals surface area contributed by atoms with Crippen molar-refractivity contribution in [2.45, 2.75) is 90.8 Å². The molecule has 2 aromatic rings. The summed E-state index contributed by atoms with van der Waals surface area (Å²) in [6.07, 6.45) is 8.94. The number of methoxy groups -OCH3 is 2. The van der Waals surface area contributed by atoms with Crippen molar-refractivity contribution in [2.24, 2.45) is 39.6 Å². The number of aliphatic imine (C=N–C) groups is 2. The van der Waals surface area contributed by atoms with Crippen molar-refractivity contribution in [1.82, 2.24) is 20.7 Å². The van der Waals surface area contributed by atoms with E-state index >= 15 is 0 Å². The van der Waals surface area contributed by atoms with Gasteiger partial charge in [0.2, 0.25) is 11.8 Å². The average molecular weight is 763 g/mol. The Bertz CT molecular complexity index is 1970. The molecule has 3 aliphatic heterocycles. The number of ether oxygens (including phenoxy) is 2. The summed E-state index contributed by atoms with van der Waals surface area (Å²) in [5.41, 5.74) is 11.4. The maximum Gasteiger partial charge on any atom is 0.425 e. The number of hydrazine groups is 1. The summed E-state index contributed by atoms with van der Waals surface area (Å²) in [7, 11) is 2.61. The number of hydrogen-bond donors (Lipinski definition) is 2. The van der Waals surface area contributed by atoms with E-state index in [1.165, 1.54) is 19.2 Å². The van der Waals surface area contributed by atoms with Crippen molar-refractivity contribution in [3.05, 3.63) is 72.1 Å². The second-order valence-corrected chi connectivity index (χ2v) is 16.4. The van der Waals surface area contributed by atoms with E-state index in [0.717, 1.165) is 76.9 Å². The lowest BCUT2D eigenvalue weighted by Gasteiger charge is -2.36. The highest BCUT2D eigenvalue weighted by Gasteiger charge is 2.54. The Morgan fingerprint density at radius 1 is 0.750 bits per heavy atom. The molecular weight excluding hydrogens is 709 g/mol. The lowest BCUT2D eigenvalue weighted by Crippen LogP contribution is -2.54. The van der Waals surface area contributed by atoms with Crippen LogP contribution in [0.5, 0.6) is 0 Å². The number of benzene rings is 2. The van der Waals surface area contributed by atoms with Gasteiger partial charge in [0, 0.05) is 55.2 Å². The highest BCUT2D eigenvalue weighted by Crippen LogP contribution is 2.54. The van der Waals surface area contributed by atoms with E-state index in [1.54, 1.807) is 0 Å². The molecule has 2 saturated carbocycles. The number of nitrogens with zero attached hydrogens (tertiary/aromatic N) is 4. The minimum Gasteiger partial charge on any atom is -0.453 e. The van der Waals surface area contributed by atoms with Crippen molar-refractivity contribution < 1.29 is 28.7 Å². The van der Waals surface area contributed by atoms with Crippen LogP contribution in [0, 0.1) is 29.6 Å². The number of rotatable bonds is 10. The highest BCUT2D eigenvalue weighted by molar-refractivity contribution is 6.04. The minimum atomic E-state index is -0.655. The molecule has 4 amide bonds. The average Bonchev–Trinajstić information content (AvgIpc) is 4.06. The van der Waals surface area contributed by atoms with E-state index in [2.05, 4.69) is 59.3 Å². The van der Waals surface area contributed by atoms with Gasteiger partial charge in [0.15, 0.2) is 0 Å². The molecule has 6 atom stereocenters. The smallest absolute Gasteiger partial charge is 0.425 e. The van der Waals surface area contributed by atoms with Gasteiger partial charge in [0.1, 0.15) is 6.04 Å². The normalized spacial score (nSPS) is 24.4. The number of allylic oxidation sites excluding steroid dienone is 2. The Morgan fingerprint density at radius 2 is 1.30 bits per heavy atom. The van der Waals surface area contributed by atoms with Crippen molar-refractivity contribution in [3.63, 3.8) is 0 Å². The van der Waals surface area contributed by atoms with E-state index in [0.29, 0.717) is 31.2 Å². The van der Waals surface area contributed by atoms with Gasteiger partial charge in [-0.2, -0.15) is 0 Å². The molecule has 2 aliphatic carbocycles. The summed E-state index contributed by atoms with van der Waals surface area (Å²) >= 11 is 0. The molecule has 7 rings (SSSR count). The maximum absolute atomic E-state index is 13.9. The molecule has 3 heterocycles. The molecule has 12 heteroatoms. The molecule has 5 aliphatic rings. The van der Waals surface area contributed by atoms with Gasteiger partial charge in [-0.3, -0.25) is 19.6 Å². The third kappa shape index (κ3) is 7.75. The minimum absolute atomic E-state index is 0.0510. The van der Waals surface area contributed by atoms with Crippen LogP contribution in [0.2, 0.25) is 0 Å². The van der Waals surface area contributed by atoms with Crippen LogP contribution in [-0.4, -0.2) is 84.2 Å². The number of fused-ring (bicyclic) bond motifs is 2. The van der Waals surface area contributed by atoms with Crippen molar-refractivity contribution in [1.29, 1.82) is 0 Å². The predicted octanol–water partition coefficient (Wildman–Crippen LogP) is 7.27. The zero-order valence-corrected chi connectivity index (χ0v) is 33.3. The summed E-state index contributed by atoms with van der Waals surface area (Å²) in [5.74, 6) is 0.359. The molecule has 3 unspecified atom stereocenters. The molecule has 3 fully saturated rings. The largest absolute Gasteiger partial charge is 0.453 e. The van der Waals surface area contributed by atoms with E-state index in [9.17, 15) is 19.2 Å². The van der Waals surface area contributed by atoms with E-state index in [1.807, 2.05) is 45.0 Å². The first kappa shape index (κ1) is 39.0. The summed E-state index contributed by atoms with van der Waals surface area (Å²) in [6.45, 7) is 8.27. The Balaban J connectivity index is 0.958. The molecule has 2 aromatic carbocycles. The number of amides is 4. The molecule has 56 heavy (non-hydrogen) atoms. The highest BCUT2D eigenvalue weighted by atomic mass is 16.5. The van der Waals surface area contributed by atoms with Gasteiger partial charge >= 0.3 is 12.2 Å². The van der Waals surface area contributed by atoms with Crippen LogP contribution in [-0.2, 0) is 19.1 Å². The SMILES string of the molecule is COC(=O)N[C@H](C(=O)N1CCC[C@H]1C1=NC=C(c2ccc(-c3ccc(C4=CN=C(C5C6CCC(C6)[C@@H]5C(=O)N(NC(=O)OC)C(C)C)C4)cc3)cc2)C1)C(C)C. The topological polar surface area (TPSA) is 142 Å². The monoisotopic (exact) mass is 762 g/mol. The summed E-state index contributed by atoms with van der Waals surface area (Å²) in [5, 5.41) is 4.16. The third-order valence-electron chi connectivity index (χ3n) is 12.4. The van der Waals surface area contributed by atoms with Crippen molar-refractivity contribution in [3.8, 4) is 11.1 Å². The van der Waals surface area contributed by atoms with E-state index in [4.69, 9.17) is 19.5 Å². The van der Waals surface area contributed by atoms with Gasteiger partial charge in [-0.1, -0.05) is 62.4 Å². The van der Waals surface area contributed by atoms with Crippen molar-refractivity contribution in [2.75, 3.05) is 20.8 Å². The third-order valence-corrected chi connectivity index (χ3v) is 12.4. The fraction of sp³-hybridized carbons (Fsp3) is 0.500. The molecular formula is C44H54N6O6. The molecule has 2 bridgehead atoms. The molecule has 0 aromatic heterocycles. The summed E-state index contributed by atoms with van der Waals surface area (Å²) in [4.78, 5) is 63.1. The van der Waals surface area contributed by atoms with Gasteiger partial charge in [-0.05, 0) is 97.1 Å². The Kier molecular flexibility index (Phi) is 11.5. The number of carbonyl (C=O) groups excluding carboxylic acids is 4. The molecule has 2 N–H and O–H groups in total. The van der Waals surface area contributed by atoms with Gasteiger partial charge in [-0.25, -0.2) is 20.0 Å². The summed E-state index contributed by atoms with van der Waals surface area (Å²) in [6, 6.07) is 16.2. The van der Waals surface area contributed by atoms with Crippen LogP contribution in [0.4, 0.5) is 9.59 Å². The lowest BCUT2D eigenvalue weighted by molar-refractivity contribution is -0.143. The Labute approximate surface area is 329 Å². The second-order valence-electron chi connectivity index (χ2n) is 16.4. The lowest BCUT2D eigenvalue weighted by atomic mass is 9.74. The van der Waals surface area contributed by atoms with Crippen LogP contribution >= 0.6 is 0 Å². The number of carbonyl (C=O) groups is 4. The number of alkyl carbamates (subject to hydrolysis) is 1. The van der Waals surface area contributed by atoms with E-state index in [-0.39, 0.29) is 41.7 Å². The first-order chi connectivity index (χ1) is 27.0. The van der Waals surface area contributed by atoms with Crippen molar-refractivity contribution >= 4 is 46.6 Å². The van der Waals surface area contributed by atoms with Crippen LogP contribution in [0.3, 0.4) is 0 Å². The maximum atomic E-state index is 13.9. The summed E-state index contributed by atoms with van der Waals surface area (Å²) < 4.78 is 9.58. The fourth-order valence-corrected chi connectivity index (χ4v) is 9.53. The molecule has 1 saturated heterocycles. The number of nitrogens with one attached hydrogen (secondary N) is 2. The number of likely N-dealkylation sites (tertiary alicyclic amines) is 1. The van der Waals surface area contributed by atoms with E-state index < -0.39 is 18.2 Å². The molecule has 12 nitrogen and oxygen atoms in total. The Hall–Kier alpha value is -5.26. The van der Waals surface area contributed by atoms with Gasteiger partial charge in [-0.15, -0.1) is 0 Å². The first-order valence-electron chi connectivity index (χ1n) is 20.0. The van der Waals surface area contributed by atoms with Gasteiger partial charge in [0.25, 0.3) is 0 Å². The van der Waals surface area contributed by atoms with Gasteiger partial charge in [0.05, 0.1) is 26.2 Å². The van der Waals surface area contributed by atoms with Gasteiger partial charge < -0.3 is 19.7 Å². The second kappa shape index (κ2) is 16.5. The van der Waals surface area contributed by atoms with Crippen LogP contribution in [0.15, 0.2) is 70.9 Å². The number of hydrogen-bond acceptors (Lipinski definition) is 8.